The van der Waals surface area contributed by atoms with Crippen molar-refractivity contribution in [3.63, 3.8) is 0 Å². The Morgan fingerprint density at radius 1 is 1.12 bits per heavy atom. The molecule has 3 fully saturated rings. The molecule has 6 heteroatoms. The number of nitrogens with zero attached hydrogens (tertiary/aromatic N) is 2. The van der Waals surface area contributed by atoms with Gasteiger partial charge < -0.3 is 15.5 Å². The number of amides is 2. The highest BCUT2D eigenvalue weighted by molar-refractivity contribution is 5.98. The summed E-state index contributed by atoms with van der Waals surface area (Å²) in [6, 6.07) is -1.18. The average molecular weight is 364 g/mol. The van der Waals surface area contributed by atoms with Crippen LogP contribution in [0.25, 0.3) is 0 Å². The van der Waals surface area contributed by atoms with Crippen LogP contribution in [-0.2, 0) is 14.4 Å². The van der Waals surface area contributed by atoms with Gasteiger partial charge in [-0.05, 0) is 37.5 Å². The molecule has 3 rings (SSSR count). The SMILES string of the molecule is CC(C)CC(N)C(=O)N1CCC2C1C(=O)CN2C(=O)CC1CCCCC1. The van der Waals surface area contributed by atoms with Crippen LogP contribution in [0.2, 0.25) is 0 Å². The summed E-state index contributed by atoms with van der Waals surface area (Å²) in [5.41, 5.74) is 6.06. The minimum absolute atomic E-state index is 0.00501. The number of carbonyl (C=O) groups is 3. The lowest BCUT2D eigenvalue weighted by Crippen LogP contribution is -2.50. The summed E-state index contributed by atoms with van der Waals surface area (Å²) in [4.78, 5) is 41.5. The Morgan fingerprint density at radius 2 is 1.81 bits per heavy atom. The van der Waals surface area contributed by atoms with Gasteiger partial charge in [-0.25, -0.2) is 0 Å². The van der Waals surface area contributed by atoms with Gasteiger partial charge in [0.15, 0.2) is 5.78 Å². The molecule has 3 atom stereocenters. The molecule has 0 aromatic rings. The maximum atomic E-state index is 12.8. The fourth-order valence-corrected chi connectivity index (χ4v) is 4.97. The van der Waals surface area contributed by atoms with E-state index < -0.39 is 12.1 Å². The van der Waals surface area contributed by atoms with Gasteiger partial charge in [0, 0.05) is 13.0 Å². The third-order valence-corrected chi connectivity index (χ3v) is 6.26. The number of hydrogen-bond donors (Lipinski definition) is 1. The fourth-order valence-electron chi connectivity index (χ4n) is 4.97. The molecule has 2 heterocycles. The molecule has 2 N–H and O–H groups in total. The van der Waals surface area contributed by atoms with Crippen molar-refractivity contribution in [2.45, 2.75) is 83.3 Å². The zero-order valence-electron chi connectivity index (χ0n) is 16.2. The molecule has 2 aliphatic heterocycles. The molecule has 0 aromatic carbocycles. The number of Topliss-reactive ketones (excluding diaryl/α,β-unsaturated/α-hetero) is 1. The molecule has 2 saturated heterocycles. The summed E-state index contributed by atoms with van der Waals surface area (Å²) in [5.74, 6) is 0.749. The number of hydrogen-bond acceptors (Lipinski definition) is 4. The van der Waals surface area contributed by atoms with E-state index in [-0.39, 0.29) is 30.2 Å². The van der Waals surface area contributed by atoms with E-state index in [4.69, 9.17) is 5.73 Å². The Balaban J connectivity index is 1.63. The van der Waals surface area contributed by atoms with E-state index in [1.54, 1.807) is 9.80 Å². The van der Waals surface area contributed by atoms with Crippen molar-refractivity contribution in [1.29, 1.82) is 0 Å². The monoisotopic (exact) mass is 363 g/mol. The van der Waals surface area contributed by atoms with Crippen molar-refractivity contribution < 1.29 is 14.4 Å². The van der Waals surface area contributed by atoms with E-state index in [2.05, 4.69) is 0 Å². The quantitative estimate of drug-likeness (QED) is 0.806. The van der Waals surface area contributed by atoms with Gasteiger partial charge in [0.05, 0.1) is 18.6 Å². The van der Waals surface area contributed by atoms with E-state index in [0.717, 1.165) is 12.8 Å². The van der Waals surface area contributed by atoms with Crippen molar-refractivity contribution in [2.75, 3.05) is 13.1 Å². The highest BCUT2D eigenvalue weighted by atomic mass is 16.2. The second-order valence-electron chi connectivity index (χ2n) is 8.76. The standard InChI is InChI=1S/C20H33N3O3/c1-13(2)10-15(21)20(26)22-9-8-16-19(22)17(24)12-23(16)18(25)11-14-6-4-3-5-7-14/h13-16,19H,3-12,21H2,1-2H3. The molecular weight excluding hydrogens is 330 g/mol. The summed E-state index contributed by atoms with van der Waals surface area (Å²) >= 11 is 0. The first kappa shape index (κ1) is 19.3. The highest BCUT2D eigenvalue weighted by Gasteiger charge is 2.51. The molecule has 2 amide bonds. The second kappa shape index (κ2) is 8.07. The number of likely N-dealkylation sites (tertiary alicyclic amines) is 2. The van der Waals surface area contributed by atoms with Gasteiger partial charge in [-0.2, -0.15) is 0 Å². The molecule has 3 unspecified atom stereocenters. The first-order chi connectivity index (χ1) is 12.4. The van der Waals surface area contributed by atoms with Crippen LogP contribution < -0.4 is 5.73 Å². The summed E-state index contributed by atoms with van der Waals surface area (Å²) < 4.78 is 0. The molecule has 0 spiro atoms. The van der Waals surface area contributed by atoms with Crippen LogP contribution in [0.1, 0.15) is 65.2 Å². The zero-order chi connectivity index (χ0) is 18.8. The van der Waals surface area contributed by atoms with Crippen molar-refractivity contribution in [3.05, 3.63) is 0 Å². The molecule has 0 aromatic heterocycles. The molecule has 146 valence electrons. The van der Waals surface area contributed by atoms with Crippen LogP contribution in [0, 0.1) is 11.8 Å². The van der Waals surface area contributed by atoms with Gasteiger partial charge in [0.2, 0.25) is 11.8 Å². The number of rotatable bonds is 5. The molecule has 1 saturated carbocycles. The number of fused-ring (bicyclic) bond motifs is 1. The van der Waals surface area contributed by atoms with E-state index in [1.807, 2.05) is 13.8 Å². The first-order valence-corrected chi connectivity index (χ1v) is 10.3. The molecule has 0 bridgehead atoms. The van der Waals surface area contributed by atoms with Crippen molar-refractivity contribution in [1.82, 2.24) is 9.80 Å². The second-order valence-corrected chi connectivity index (χ2v) is 8.76. The summed E-state index contributed by atoms with van der Waals surface area (Å²) in [6.07, 6.45) is 7.78. The smallest absolute Gasteiger partial charge is 0.240 e. The molecule has 3 aliphatic rings. The normalized spacial score (nSPS) is 27.9. The minimum Gasteiger partial charge on any atom is -0.330 e. The summed E-state index contributed by atoms with van der Waals surface area (Å²) in [7, 11) is 0. The molecule has 6 nitrogen and oxygen atoms in total. The first-order valence-electron chi connectivity index (χ1n) is 10.3. The van der Waals surface area contributed by atoms with Gasteiger partial charge in [-0.15, -0.1) is 0 Å². The largest absolute Gasteiger partial charge is 0.330 e. The Morgan fingerprint density at radius 3 is 2.46 bits per heavy atom. The van der Waals surface area contributed by atoms with Crippen LogP contribution >= 0.6 is 0 Å². The van der Waals surface area contributed by atoms with Crippen LogP contribution in [0.15, 0.2) is 0 Å². The van der Waals surface area contributed by atoms with Crippen LogP contribution in [0.3, 0.4) is 0 Å². The Labute approximate surface area is 156 Å². The van der Waals surface area contributed by atoms with E-state index in [9.17, 15) is 14.4 Å². The lowest BCUT2D eigenvalue weighted by Gasteiger charge is -2.28. The average Bonchev–Trinajstić information content (AvgIpc) is 3.16. The molecular formula is C20H33N3O3. The van der Waals surface area contributed by atoms with E-state index in [0.29, 0.717) is 37.6 Å². The minimum atomic E-state index is -0.562. The lowest BCUT2D eigenvalue weighted by molar-refractivity contribution is -0.137. The number of ketones is 1. The van der Waals surface area contributed by atoms with Gasteiger partial charge in [-0.1, -0.05) is 33.1 Å². The number of nitrogens with two attached hydrogens (primary N) is 1. The van der Waals surface area contributed by atoms with Gasteiger partial charge in [-0.3, -0.25) is 14.4 Å². The van der Waals surface area contributed by atoms with Crippen LogP contribution in [0.5, 0.6) is 0 Å². The Bertz CT molecular complexity index is 557. The highest BCUT2D eigenvalue weighted by Crippen LogP contribution is 2.33. The van der Waals surface area contributed by atoms with E-state index >= 15 is 0 Å². The molecule has 0 radical (unpaired) electrons. The molecule has 1 aliphatic carbocycles. The van der Waals surface area contributed by atoms with Gasteiger partial charge in [0.1, 0.15) is 6.04 Å². The maximum absolute atomic E-state index is 12.8. The summed E-state index contributed by atoms with van der Waals surface area (Å²) in [6.45, 7) is 4.75. The Hall–Kier alpha value is -1.43. The topological polar surface area (TPSA) is 83.7 Å². The molecule has 26 heavy (non-hydrogen) atoms. The van der Waals surface area contributed by atoms with Crippen LogP contribution in [0.4, 0.5) is 0 Å². The third-order valence-electron chi connectivity index (χ3n) is 6.26. The zero-order valence-corrected chi connectivity index (χ0v) is 16.2. The van der Waals surface area contributed by atoms with Crippen LogP contribution in [-0.4, -0.2) is 58.6 Å². The van der Waals surface area contributed by atoms with Crippen molar-refractivity contribution in [3.8, 4) is 0 Å². The maximum Gasteiger partial charge on any atom is 0.240 e. The Kier molecular flexibility index (Phi) is 6.00. The van der Waals surface area contributed by atoms with E-state index in [1.165, 1.54) is 19.3 Å². The lowest BCUT2D eigenvalue weighted by atomic mass is 9.86. The third kappa shape index (κ3) is 3.95. The fraction of sp³-hybridized carbons (Fsp3) is 0.850. The van der Waals surface area contributed by atoms with Crippen molar-refractivity contribution in [2.24, 2.45) is 17.6 Å². The van der Waals surface area contributed by atoms with Crippen molar-refractivity contribution >= 4 is 17.6 Å². The van der Waals surface area contributed by atoms with Gasteiger partial charge in [0.25, 0.3) is 0 Å². The van der Waals surface area contributed by atoms with Gasteiger partial charge >= 0.3 is 0 Å². The summed E-state index contributed by atoms with van der Waals surface area (Å²) in [5, 5.41) is 0. The number of carbonyl (C=O) groups excluding carboxylic acids is 3. The predicted octanol–water partition coefficient (Wildman–Crippen LogP) is 1.71. The predicted molar refractivity (Wildman–Crippen MR) is 99.2 cm³/mol.